The highest BCUT2D eigenvalue weighted by atomic mass is 79.9. The molecule has 0 unspecified atom stereocenters. The van der Waals surface area contributed by atoms with Crippen molar-refractivity contribution in [1.29, 1.82) is 0 Å². The van der Waals surface area contributed by atoms with Gasteiger partial charge in [0, 0.05) is 15.4 Å². The van der Waals surface area contributed by atoms with Crippen molar-refractivity contribution < 1.29 is 4.74 Å². The van der Waals surface area contributed by atoms with E-state index in [-0.39, 0.29) is 0 Å². The van der Waals surface area contributed by atoms with Crippen molar-refractivity contribution in [3.63, 3.8) is 0 Å². The Morgan fingerprint density at radius 2 is 2.00 bits per heavy atom. The minimum atomic E-state index is 0.552. The molecule has 0 saturated carbocycles. The summed E-state index contributed by atoms with van der Waals surface area (Å²) in [5.74, 6) is 1.57. The molecule has 84 valence electrons. The van der Waals surface area contributed by atoms with Crippen molar-refractivity contribution in [2.75, 3.05) is 6.61 Å². The van der Waals surface area contributed by atoms with Crippen molar-refractivity contribution in [1.82, 2.24) is 0 Å². The van der Waals surface area contributed by atoms with Crippen LogP contribution in [-0.2, 0) is 5.33 Å². The van der Waals surface area contributed by atoms with Crippen LogP contribution in [0.4, 0.5) is 0 Å². The summed E-state index contributed by atoms with van der Waals surface area (Å²) in [7, 11) is 0. The largest absolute Gasteiger partial charge is 0.493 e. The summed E-state index contributed by atoms with van der Waals surface area (Å²) in [6.07, 6.45) is 0. The van der Waals surface area contributed by atoms with E-state index in [9.17, 15) is 0 Å². The second-order valence-corrected chi connectivity index (χ2v) is 5.53. The van der Waals surface area contributed by atoms with E-state index in [1.54, 1.807) is 0 Å². The summed E-state index contributed by atoms with van der Waals surface area (Å²) >= 11 is 6.97. The molecule has 1 rings (SSSR count). The lowest BCUT2D eigenvalue weighted by Gasteiger charge is -2.15. The van der Waals surface area contributed by atoms with Crippen molar-refractivity contribution in [3.05, 3.63) is 27.7 Å². The van der Waals surface area contributed by atoms with Gasteiger partial charge in [0.05, 0.1) is 6.61 Å². The Morgan fingerprint density at radius 1 is 1.33 bits per heavy atom. The molecule has 0 radical (unpaired) electrons. The highest BCUT2D eigenvalue weighted by Crippen LogP contribution is 2.29. The number of hydrogen-bond acceptors (Lipinski definition) is 1. The molecule has 0 bridgehead atoms. The molecule has 0 aliphatic heterocycles. The molecule has 0 spiro atoms. The summed E-state index contributed by atoms with van der Waals surface area (Å²) < 4.78 is 6.93. The van der Waals surface area contributed by atoms with E-state index in [1.807, 2.05) is 0 Å². The average Bonchev–Trinajstić information content (AvgIpc) is 2.14. The zero-order valence-corrected chi connectivity index (χ0v) is 12.5. The topological polar surface area (TPSA) is 9.23 Å². The Balaban J connectivity index is 2.93. The zero-order chi connectivity index (χ0) is 11.4. The minimum Gasteiger partial charge on any atom is -0.493 e. The van der Waals surface area contributed by atoms with E-state index in [4.69, 9.17) is 4.74 Å². The number of rotatable bonds is 4. The van der Waals surface area contributed by atoms with Crippen LogP contribution in [0.1, 0.15) is 25.0 Å². The summed E-state index contributed by atoms with van der Waals surface area (Å²) in [4.78, 5) is 0. The van der Waals surface area contributed by atoms with E-state index >= 15 is 0 Å². The SMILES string of the molecule is Cc1cc(Br)cc(CBr)c1OCC(C)C. The second-order valence-electron chi connectivity index (χ2n) is 4.05. The fraction of sp³-hybridized carbons (Fsp3) is 0.500. The van der Waals surface area contributed by atoms with Gasteiger partial charge in [-0.25, -0.2) is 0 Å². The van der Waals surface area contributed by atoms with Crippen LogP contribution in [0, 0.1) is 12.8 Å². The number of aryl methyl sites for hydroxylation is 1. The normalized spacial score (nSPS) is 10.8. The van der Waals surface area contributed by atoms with E-state index in [1.165, 1.54) is 11.1 Å². The maximum atomic E-state index is 5.82. The standard InChI is InChI=1S/C12H16Br2O/c1-8(2)7-15-12-9(3)4-11(14)5-10(12)6-13/h4-5,8H,6-7H2,1-3H3. The van der Waals surface area contributed by atoms with Crippen LogP contribution in [0.5, 0.6) is 5.75 Å². The van der Waals surface area contributed by atoms with Gasteiger partial charge in [0.15, 0.2) is 0 Å². The summed E-state index contributed by atoms with van der Waals surface area (Å²) in [5, 5.41) is 0.820. The van der Waals surface area contributed by atoms with E-state index in [2.05, 4.69) is 64.8 Å². The first-order valence-corrected chi connectivity index (χ1v) is 6.93. The molecule has 3 heteroatoms. The van der Waals surface area contributed by atoms with E-state index in [0.29, 0.717) is 5.92 Å². The van der Waals surface area contributed by atoms with Crippen LogP contribution in [0.25, 0.3) is 0 Å². The van der Waals surface area contributed by atoms with Crippen LogP contribution in [0.2, 0.25) is 0 Å². The lowest BCUT2D eigenvalue weighted by molar-refractivity contribution is 0.267. The zero-order valence-electron chi connectivity index (χ0n) is 9.31. The molecule has 15 heavy (non-hydrogen) atoms. The fourth-order valence-electron chi connectivity index (χ4n) is 1.36. The van der Waals surface area contributed by atoms with Gasteiger partial charge in [-0.2, -0.15) is 0 Å². The van der Waals surface area contributed by atoms with Crippen molar-refractivity contribution >= 4 is 31.9 Å². The predicted molar refractivity (Wildman–Crippen MR) is 71.8 cm³/mol. The molecule has 1 nitrogen and oxygen atoms in total. The summed E-state index contributed by atoms with van der Waals surface area (Å²) in [6, 6.07) is 4.18. The molecule has 1 aromatic rings. The third-order valence-electron chi connectivity index (χ3n) is 2.02. The van der Waals surface area contributed by atoms with Gasteiger partial charge in [-0.05, 0) is 30.5 Å². The van der Waals surface area contributed by atoms with Gasteiger partial charge in [0.25, 0.3) is 0 Å². The number of ether oxygens (including phenoxy) is 1. The molecule has 0 heterocycles. The highest BCUT2D eigenvalue weighted by Gasteiger charge is 2.08. The van der Waals surface area contributed by atoms with Crippen LogP contribution in [-0.4, -0.2) is 6.61 Å². The van der Waals surface area contributed by atoms with Gasteiger partial charge in [0.2, 0.25) is 0 Å². The lowest BCUT2D eigenvalue weighted by Crippen LogP contribution is -2.07. The Kier molecular flexibility index (Phi) is 5.13. The highest BCUT2D eigenvalue weighted by molar-refractivity contribution is 9.10. The van der Waals surface area contributed by atoms with Crippen LogP contribution in [0.15, 0.2) is 16.6 Å². The van der Waals surface area contributed by atoms with Crippen LogP contribution in [0.3, 0.4) is 0 Å². The molecule has 0 saturated heterocycles. The van der Waals surface area contributed by atoms with Crippen molar-refractivity contribution in [3.8, 4) is 5.75 Å². The maximum Gasteiger partial charge on any atom is 0.126 e. The number of benzene rings is 1. The monoisotopic (exact) mass is 334 g/mol. The van der Waals surface area contributed by atoms with Crippen molar-refractivity contribution in [2.45, 2.75) is 26.1 Å². The summed E-state index contributed by atoms with van der Waals surface area (Å²) in [6.45, 7) is 7.15. The first kappa shape index (κ1) is 13.0. The maximum absolute atomic E-state index is 5.82. The smallest absolute Gasteiger partial charge is 0.126 e. The fourth-order valence-corrected chi connectivity index (χ4v) is 2.39. The molecule has 0 aromatic heterocycles. The van der Waals surface area contributed by atoms with Crippen molar-refractivity contribution in [2.24, 2.45) is 5.92 Å². The van der Waals surface area contributed by atoms with Gasteiger partial charge in [-0.3, -0.25) is 0 Å². The average molecular weight is 336 g/mol. The van der Waals surface area contributed by atoms with Crippen LogP contribution >= 0.6 is 31.9 Å². The Morgan fingerprint density at radius 3 is 2.53 bits per heavy atom. The van der Waals surface area contributed by atoms with Gasteiger partial charge in [-0.1, -0.05) is 45.7 Å². The molecule has 0 amide bonds. The van der Waals surface area contributed by atoms with Crippen LogP contribution < -0.4 is 4.74 Å². The Labute approximate surface area is 108 Å². The summed E-state index contributed by atoms with van der Waals surface area (Å²) in [5.41, 5.74) is 2.38. The molecular weight excluding hydrogens is 320 g/mol. The van der Waals surface area contributed by atoms with Gasteiger partial charge in [-0.15, -0.1) is 0 Å². The number of halogens is 2. The molecule has 0 aliphatic rings. The van der Waals surface area contributed by atoms with Gasteiger partial charge < -0.3 is 4.74 Å². The van der Waals surface area contributed by atoms with E-state index < -0.39 is 0 Å². The molecule has 0 aliphatic carbocycles. The predicted octanol–water partition coefficient (Wildman–Crippen LogP) is 4.69. The Bertz CT molecular complexity index is 335. The minimum absolute atomic E-state index is 0.552. The quantitative estimate of drug-likeness (QED) is 0.725. The van der Waals surface area contributed by atoms with E-state index in [0.717, 1.165) is 22.2 Å². The van der Waals surface area contributed by atoms with Gasteiger partial charge >= 0.3 is 0 Å². The number of hydrogen-bond donors (Lipinski definition) is 0. The molecule has 0 N–H and O–H groups in total. The molecule has 1 aromatic carbocycles. The first-order chi connectivity index (χ1) is 7.04. The molecule has 0 atom stereocenters. The number of alkyl halides is 1. The molecule has 0 fully saturated rings. The second kappa shape index (κ2) is 5.90. The third-order valence-corrected chi connectivity index (χ3v) is 3.08. The molecular formula is C12H16Br2O. The Hall–Kier alpha value is -0.0200. The third kappa shape index (κ3) is 3.80. The lowest BCUT2D eigenvalue weighted by atomic mass is 10.1. The van der Waals surface area contributed by atoms with Gasteiger partial charge in [0.1, 0.15) is 5.75 Å². The first-order valence-electron chi connectivity index (χ1n) is 5.02.